The molecule has 0 fully saturated rings. The summed E-state index contributed by atoms with van der Waals surface area (Å²) in [6, 6.07) is 6.37. The molecular formula is C22H27N3O4S2. The van der Waals surface area contributed by atoms with Crippen molar-refractivity contribution >= 4 is 44.3 Å². The standard InChI is InChI=1S/C22H27N3O4S2/c1-3-25(4-2)31(28,29)16-12-9-15(10-13-16)11-14-19(26)24-22-20(21(23)27)17-7-5-6-8-18(17)30-22/h9-14H,3-8H2,1-2H3,(H2,23,27)(H,24,26). The number of fused-ring (bicyclic) bond motifs is 1. The number of nitrogens with two attached hydrogens (primary N) is 1. The predicted molar refractivity (Wildman–Crippen MR) is 124 cm³/mol. The van der Waals surface area contributed by atoms with Crippen molar-refractivity contribution in [3.05, 3.63) is 51.9 Å². The van der Waals surface area contributed by atoms with Crippen molar-refractivity contribution < 1.29 is 18.0 Å². The van der Waals surface area contributed by atoms with Gasteiger partial charge in [-0.25, -0.2) is 8.42 Å². The Labute approximate surface area is 187 Å². The Morgan fingerprint density at radius 3 is 2.39 bits per heavy atom. The Balaban J connectivity index is 1.73. The fourth-order valence-electron chi connectivity index (χ4n) is 3.70. The monoisotopic (exact) mass is 461 g/mol. The van der Waals surface area contributed by atoms with Crippen molar-refractivity contribution in [3.8, 4) is 0 Å². The molecule has 1 heterocycles. The molecule has 1 aromatic carbocycles. The molecule has 3 rings (SSSR count). The predicted octanol–water partition coefficient (Wildman–Crippen LogP) is 3.41. The molecule has 1 aromatic heterocycles. The highest BCUT2D eigenvalue weighted by molar-refractivity contribution is 7.89. The molecular weight excluding hydrogens is 434 g/mol. The average Bonchev–Trinajstić information content (AvgIpc) is 3.11. The fourth-order valence-corrected chi connectivity index (χ4v) is 6.46. The zero-order valence-corrected chi connectivity index (χ0v) is 19.3. The number of hydrogen-bond donors (Lipinski definition) is 2. The van der Waals surface area contributed by atoms with Gasteiger partial charge in [0.15, 0.2) is 0 Å². The maximum absolute atomic E-state index is 12.6. The zero-order chi connectivity index (χ0) is 22.6. The van der Waals surface area contributed by atoms with E-state index in [1.807, 2.05) is 0 Å². The molecule has 0 radical (unpaired) electrons. The molecule has 7 nitrogen and oxygen atoms in total. The Hall–Kier alpha value is -2.49. The van der Waals surface area contributed by atoms with E-state index in [-0.39, 0.29) is 10.8 Å². The van der Waals surface area contributed by atoms with E-state index in [1.54, 1.807) is 32.1 Å². The summed E-state index contributed by atoms with van der Waals surface area (Å²) in [6.45, 7) is 4.40. The number of sulfonamides is 1. The number of aryl methyl sites for hydroxylation is 1. The van der Waals surface area contributed by atoms with Crippen LogP contribution in [-0.2, 0) is 27.7 Å². The van der Waals surface area contributed by atoms with E-state index in [4.69, 9.17) is 5.73 Å². The maximum atomic E-state index is 12.6. The van der Waals surface area contributed by atoms with Gasteiger partial charge in [0.2, 0.25) is 15.9 Å². The highest BCUT2D eigenvalue weighted by Crippen LogP contribution is 2.37. The van der Waals surface area contributed by atoms with Gasteiger partial charge in [0.1, 0.15) is 5.00 Å². The molecule has 0 spiro atoms. The second-order valence-corrected chi connectivity index (χ2v) is 10.3. The van der Waals surface area contributed by atoms with Gasteiger partial charge in [-0.05, 0) is 55.0 Å². The molecule has 3 N–H and O–H groups in total. The van der Waals surface area contributed by atoms with E-state index in [9.17, 15) is 18.0 Å². The Bertz CT molecular complexity index is 1100. The molecule has 2 amide bonds. The first-order valence-electron chi connectivity index (χ1n) is 10.3. The SMILES string of the molecule is CCN(CC)S(=O)(=O)c1ccc(C=CC(=O)Nc2sc3c(c2C(N)=O)CCCC3)cc1. The first-order chi connectivity index (χ1) is 14.8. The van der Waals surface area contributed by atoms with Crippen molar-refractivity contribution in [2.75, 3.05) is 18.4 Å². The third-order valence-corrected chi connectivity index (χ3v) is 8.58. The minimum atomic E-state index is -3.52. The summed E-state index contributed by atoms with van der Waals surface area (Å²) in [5.74, 6) is -0.899. The summed E-state index contributed by atoms with van der Waals surface area (Å²) < 4.78 is 26.5. The zero-order valence-electron chi connectivity index (χ0n) is 17.7. The Kier molecular flexibility index (Phi) is 7.30. The number of rotatable bonds is 8. The number of carbonyl (C=O) groups is 2. The Morgan fingerprint density at radius 2 is 1.77 bits per heavy atom. The lowest BCUT2D eigenvalue weighted by Gasteiger charge is -2.18. The van der Waals surface area contributed by atoms with Crippen LogP contribution in [0.5, 0.6) is 0 Å². The van der Waals surface area contributed by atoms with Crippen LogP contribution in [-0.4, -0.2) is 37.6 Å². The van der Waals surface area contributed by atoms with Crippen LogP contribution in [0.15, 0.2) is 35.2 Å². The van der Waals surface area contributed by atoms with Gasteiger partial charge >= 0.3 is 0 Å². The number of benzene rings is 1. The van der Waals surface area contributed by atoms with Crippen LogP contribution in [0.4, 0.5) is 5.00 Å². The first-order valence-corrected chi connectivity index (χ1v) is 12.6. The van der Waals surface area contributed by atoms with Gasteiger partial charge in [0.05, 0.1) is 10.5 Å². The second kappa shape index (κ2) is 9.76. The van der Waals surface area contributed by atoms with Gasteiger partial charge in [-0.15, -0.1) is 11.3 Å². The topological polar surface area (TPSA) is 110 Å². The van der Waals surface area contributed by atoms with Crippen molar-refractivity contribution in [2.45, 2.75) is 44.4 Å². The van der Waals surface area contributed by atoms with Crippen LogP contribution in [0.3, 0.4) is 0 Å². The summed E-state index contributed by atoms with van der Waals surface area (Å²) >= 11 is 1.41. The molecule has 0 saturated carbocycles. The molecule has 0 atom stereocenters. The van der Waals surface area contributed by atoms with Crippen LogP contribution in [0, 0.1) is 0 Å². The molecule has 1 aliphatic rings. The number of amides is 2. The summed E-state index contributed by atoms with van der Waals surface area (Å²) in [7, 11) is -3.52. The number of nitrogens with zero attached hydrogens (tertiary/aromatic N) is 1. The van der Waals surface area contributed by atoms with Gasteiger partial charge in [0, 0.05) is 24.0 Å². The van der Waals surface area contributed by atoms with Crippen LogP contribution < -0.4 is 11.1 Å². The summed E-state index contributed by atoms with van der Waals surface area (Å²) in [5, 5.41) is 3.27. The van der Waals surface area contributed by atoms with E-state index in [2.05, 4.69) is 5.32 Å². The Morgan fingerprint density at radius 1 is 1.13 bits per heavy atom. The van der Waals surface area contributed by atoms with E-state index >= 15 is 0 Å². The molecule has 9 heteroatoms. The van der Waals surface area contributed by atoms with E-state index in [0.29, 0.717) is 29.2 Å². The number of anilines is 1. The molecule has 0 bridgehead atoms. The van der Waals surface area contributed by atoms with Gasteiger partial charge in [-0.2, -0.15) is 4.31 Å². The van der Waals surface area contributed by atoms with Gasteiger partial charge in [-0.1, -0.05) is 26.0 Å². The normalized spacial score (nSPS) is 14.0. The second-order valence-electron chi connectivity index (χ2n) is 7.26. The van der Waals surface area contributed by atoms with Gasteiger partial charge in [-0.3, -0.25) is 9.59 Å². The van der Waals surface area contributed by atoms with Crippen LogP contribution in [0.2, 0.25) is 0 Å². The van der Waals surface area contributed by atoms with Gasteiger partial charge < -0.3 is 11.1 Å². The molecule has 31 heavy (non-hydrogen) atoms. The minimum absolute atomic E-state index is 0.216. The van der Waals surface area contributed by atoms with Crippen molar-refractivity contribution in [1.82, 2.24) is 4.31 Å². The molecule has 2 aromatic rings. The molecule has 166 valence electrons. The third-order valence-electron chi connectivity index (χ3n) is 5.30. The first kappa shape index (κ1) is 23.2. The number of thiophene rings is 1. The minimum Gasteiger partial charge on any atom is -0.365 e. The highest BCUT2D eigenvalue weighted by atomic mass is 32.2. The number of nitrogens with one attached hydrogen (secondary N) is 1. The average molecular weight is 462 g/mol. The van der Waals surface area contributed by atoms with Crippen molar-refractivity contribution in [2.24, 2.45) is 5.73 Å². The molecule has 0 saturated heterocycles. The quantitative estimate of drug-likeness (QED) is 0.587. The molecule has 0 unspecified atom stereocenters. The fraction of sp³-hybridized carbons (Fsp3) is 0.364. The van der Waals surface area contributed by atoms with Crippen molar-refractivity contribution in [1.29, 1.82) is 0 Å². The highest BCUT2D eigenvalue weighted by Gasteiger charge is 2.24. The summed E-state index contributed by atoms with van der Waals surface area (Å²) in [5.41, 5.74) is 7.64. The van der Waals surface area contributed by atoms with E-state index < -0.39 is 15.9 Å². The summed E-state index contributed by atoms with van der Waals surface area (Å²) in [4.78, 5) is 25.7. The van der Waals surface area contributed by atoms with Crippen LogP contribution in [0.25, 0.3) is 6.08 Å². The maximum Gasteiger partial charge on any atom is 0.251 e. The largest absolute Gasteiger partial charge is 0.365 e. The number of hydrogen-bond acceptors (Lipinski definition) is 5. The lowest BCUT2D eigenvalue weighted by atomic mass is 9.95. The third kappa shape index (κ3) is 5.06. The van der Waals surface area contributed by atoms with Crippen LogP contribution in [0.1, 0.15) is 53.1 Å². The van der Waals surface area contributed by atoms with E-state index in [1.165, 1.54) is 33.9 Å². The summed E-state index contributed by atoms with van der Waals surface area (Å²) in [6.07, 6.45) is 6.74. The lowest BCUT2D eigenvalue weighted by Crippen LogP contribution is -2.30. The van der Waals surface area contributed by atoms with Crippen LogP contribution >= 0.6 is 11.3 Å². The molecule has 1 aliphatic carbocycles. The number of primary amides is 1. The number of carbonyl (C=O) groups excluding carboxylic acids is 2. The molecule has 0 aliphatic heterocycles. The van der Waals surface area contributed by atoms with E-state index in [0.717, 1.165) is 36.1 Å². The van der Waals surface area contributed by atoms with Gasteiger partial charge in [0.25, 0.3) is 5.91 Å². The van der Waals surface area contributed by atoms with Crippen molar-refractivity contribution in [3.63, 3.8) is 0 Å². The smallest absolute Gasteiger partial charge is 0.251 e. The lowest BCUT2D eigenvalue weighted by molar-refractivity contribution is -0.111.